The first-order valence-electron chi connectivity index (χ1n) is 11.3. The number of likely N-dealkylation sites (tertiary alicyclic amines) is 1. The van der Waals surface area contributed by atoms with Crippen molar-refractivity contribution < 1.29 is 23.9 Å². The average molecular weight is 431 g/mol. The fraction of sp³-hybridized carbons (Fsp3) is 0.625. The standard InChI is InChI=1S/C24H34N2O5/c1-17-8-7-9-18(2)26(17)21(27)16-31-20-12-10-19(11-13-20)22(28)25-24(23(29)30-3)14-5-4-6-15-24/h10-13,17-18H,4-9,14-16H2,1-3H3,(H,25,28)/t17-,18-/m0/s1. The summed E-state index contributed by atoms with van der Waals surface area (Å²) in [7, 11) is 1.35. The molecule has 2 atom stereocenters. The van der Waals surface area contributed by atoms with Crippen molar-refractivity contribution in [3.63, 3.8) is 0 Å². The van der Waals surface area contributed by atoms with Gasteiger partial charge in [0.25, 0.3) is 11.8 Å². The Bertz CT molecular complexity index is 776. The van der Waals surface area contributed by atoms with Gasteiger partial charge >= 0.3 is 5.97 Å². The number of carbonyl (C=O) groups is 3. The second kappa shape index (κ2) is 10.2. The molecular formula is C24H34N2O5. The molecule has 2 aliphatic rings. The molecule has 7 nitrogen and oxygen atoms in total. The van der Waals surface area contributed by atoms with Crippen LogP contribution in [-0.4, -0.2) is 54.0 Å². The molecule has 1 aromatic rings. The van der Waals surface area contributed by atoms with Crippen LogP contribution in [0, 0.1) is 0 Å². The van der Waals surface area contributed by atoms with Gasteiger partial charge in [-0.2, -0.15) is 0 Å². The average Bonchev–Trinajstić information content (AvgIpc) is 2.78. The fourth-order valence-corrected chi connectivity index (χ4v) is 4.86. The van der Waals surface area contributed by atoms with Gasteiger partial charge in [-0.05, 0) is 70.2 Å². The van der Waals surface area contributed by atoms with E-state index in [1.807, 2.05) is 4.90 Å². The van der Waals surface area contributed by atoms with E-state index >= 15 is 0 Å². The van der Waals surface area contributed by atoms with Crippen molar-refractivity contribution in [2.45, 2.75) is 82.8 Å². The lowest BCUT2D eigenvalue weighted by atomic mass is 9.81. The number of amides is 2. The first-order valence-corrected chi connectivity index (χ1v) is 11.3. The van der Waals surface area contributed by atoms with Crippen molar-refractivity contribution in [2.24, 2.45) is 0 Å². The van der Waals surface area contributed by atoms with Gasteiger partial charge in [0.15, 0.2) is 6.61 Å². The van der Waals surface area contributed by atoms with Crippen molar-refractivity contribution in [1.29, 1.82) is 0 Å². The number of methoxy groups -OCH3 is 1. The van der Waals surface area contributed by atoms with Crippen LogP contribution >= 0.6 is 0 Å². The van der Waals surface area contributed by atoms with E-state index in [0.29, 0.717) is 24.2 Å². The molecule has 31 heavy (non-hydrogen) atoms. The number of nitrogens with one attached hydrogen (secondary N) is 1. The van der Waals surface area contributed by atoms with E-state index in [1.165, 1.54) is 7.11 Å². The minimum Gasteiger partial charge on any atom is -0.484 e. The fourth-order valence-electron chi connectivity index (χ4n) is 4.86. The Morgan fingerprint density at radius 1 is 1.00 bits per heavy atom. The van der Waals surface area contributed by atoms with Crippen LogP contribution in [0.5, 0.6) is 5.75 Å². The third-order valence-electron chi connectivity index (χ3n) is 6.60. The molecule has 1 aliphatic carbocycles. The van der Waals surface area contributed by atoms with Gasteiger partial charge < -0.3 is 19.7 Å². The first-order chi connectivity index (χ1) is 14.9. The smallest absolute Gasteiger partial charge is 0.331 e. The zero-order valence-corrected chi connectivity index (χ0v) is 18.8. The van der Waals surface area contributed by atoms with Gasteiger partial charge in [-0.25, -0.2) is 4.79 Å². The number of ether oxygens (including phenoxy) is 2. The molecule has 0 bridgehead atoms. The summed E-state index contributed by atoms with van der Waals surface area (Å²) in [4.78, 5) is 39.6. The maximum absolute atomic E-state index is 12.8. The predicted octanol–water partition coefficient (Wildman–Crippen LogP) is 3.46. The molecule has 0 spiro atoms. The van der Waals surface area contributed by atoms with Crippen molar-refractivity contribution in [2.75, 3.05) is 13.7 Å². The van der Waals surface area contributed by atoms with Crippen molar-refractivity contribution in [3.05, 3.63) is 29.8 Å². The van der Waals surface area contributed by atoms with Gasteiger partial charge in [0.05, 0.1) is 7.11 Å². The first kappa shape index (κ1) is 23.1. The molecule has 170 valence electrons. The Hall–Kier alpha value is -2.57. The van der Waals surface area contributed by atoms with Gasteiger partial charge in [-0.15, -0.1) is 0 Å². The number of hydrogen-bond acceptors (Lipinski definition) is 5. The molecule has 3 rings (SSSR count). The largest absolute Gasteiger partial charge is 0.484 e. The lowest BCUT2D eigenvalue weighted by Gasteiger charge is -2.38. The SMILES string of the molecule is COC(=O)C1(NC(=O)c2ccc(OCC(=O)N3[C@@H](C)CCC[C@@H]3C)cc2)CCCCC1. The molecule has 1 N–H and O–H groups in total. The molecule has 0 aromatic heterocycles. The third-order valence-corrected chi connectivity index (χ3v) is 6.60. The van der Waals surface area contributed by atoms with Crippen LogP contribution in [0.4, 0.5) is 0 Å². The van der Waals surface area contributed by atoms with Gasteiger partial charge in [-0.1, -0.05) is 19.3 Å². The molecule has 1 saturated carbocycles. The number of nitrogens with zero attached hydrogens (tertiary/aromatic N) is 1. The molecule has 2 fully saturated rings. The van der Waals surface area contributed by atoms with Crippen LogP contribution in [0.25, 0.3) is 0 Å². The monoisotopic (exact) mass is 430 g/mol. The summed E-state index contributed by atoms with van der Waals surface area (Å²) in [5, 5.41) is 2.91. The summed E-state index contributed by atoms with van der Waals surface area (Å²) in [6, 6.07) is 7.11. The van der Waals surface area contributed by atoms with Gasteiger partial charge in [0.2, 0.25) is 0 Å². The summed E-state index contributed by atoms with van der Waals surface area (Å²) in [5.41, 5.74) is -0.515. The molecular weight excluding hydrogens is 396 g/mol. The van der Waals surface area contributed by atoms with E-state index in [4.69, 9.17) is 9.47 Å². The quantitative estimate of drug-likeness (QED) is 0.699. The van der Waals surface area contributed by atoms with Crippen LogP contribution < -0.4 is 10.1 Å². The van der Waals surface area contributed by atoms with Crippen LogP contribution in [0.15, 0.2) is 24.3 Å². The zero-order chi connectivity index (χ0) is 22.4. The summed E-state index contributed by atoms with van der Waals surface area (Å²) in [5.74, 6) is -0.188. The van der Waals surface area contributed by atoms with Gasteiger partial charge in [-0.3, -0.25) is 9.59 Å². The predicted molar refractivity (Wildman–Crippen MR) is 117 cm³/mol. The molecule has 7 heteroatoms. The summed E-state index contributed by atoms with van der Waals surface area (Å²) >= 11 is 0. The number of piperidine rings is 1. The van der Waals surface area contributed by atoms with E-state index in [0.717, 1.165) is 38.5 Å². The topological polar surface area (TPSA) is 84.9 Å². The minimum atomic E-state index is -0.951. The molecule has 0 radical (unpaired) electrons. The lowest BCUT2D eigenvalue weighted by Crippen LogP contribution is -2.56. The van der Waals surface area contributed by atoms with Crippen LogP contribution in [0.2, 0.25) is 0 Å². The van der Waals surface area contributed by atoms with Crippen molar-refractivity contribution in [3.8, 4) is 5.75 Å². The van der Waals surface area contributed by atoms with E-state index in [-0.39, 0.29) is 36.5 Å². The Kier molecular flexibility index (Phi) is 7.57. The Labute approximate surface area is 184 Å². The lowest BCUT2D eigenvalue weighted by molar-refractivity contribution is -0.149. The molecule has 1 aliphatic heterocycles. The number of hydrogen-bond donors (Lipinski definition) is 1. The van der Waals surface area contributed by atoms with Crippen molar-refractivity contribution >= 4 is 17.8 Å². The Morgan fingerprint density at radius 2 is 1.61 bits per heavy atom. The van der Waals surface area contributed by atoms with Gasteiger partial charge in [0.1, 0.15) is 11.3 Å². The normalized spacial score (nSPS) is 23.0. The number of rotatable bonds is 6. The van der Waals surface area contributed by atoms with Crippen LogP contribution in [-0.2, 0) is 14.3 Å². The second-order valence-corrected chi connectivity index (χ2v) is 8.83. The number of carbonyl (C=O) groups excluding carboxylic acids is 3. The van der Waals surface area contributed by atoms with E-state index in [2.05, 4.69) is 19.2 Å². The Morgan fingerprint density at radius 3 is 2.19 bits per heavy atom. The highest BCUT2D eigenvalue weighted by molar-refractivity contribution is 5.98. The third kappa shape index (κ3) is 5.38. The number of benzene rings is 1. The highest BCUT2D eigenvalue weighted by Crippen LogP contribution is 2.30. The number of esters is 1. The van der Waals surface area contributed by atoms with Gasteiger partial charge in [0, 0.05) is 17.6 Å². The van der Waals surface area contributed by atoms with E-state index in [1.54, 1.807) is 24.3 Å². The summed E-state index contributed by atoms with van der Waals surface area (Å²) < 4.78 is 10.6. The highest BCUT2D eigenvalue weighted by atomic mass is 16.5. The Balaban J connectivity index is 1.58. The van der Waals surface area contributed by atoms with Crippen LogP contribution in [0.3, 0.4) is 0 Å². The molecule has 1 saturated heterocycles. The molecule has 2 amide bonds. The second-order valence-electron chi connectivity index (χ2n) is 8.83. The summed E-state index contributed by atoms with van der Waals surface area (Å²) in [6.45, 7) is 4.13. The zero-order valence-electron chi connectivity index (χ0n) is 18.8. The maximum Gasteiger partial charge on any atom is 0.331 e. The summed E-state index contributed by atoms with van der Waals surface area (Å²) in [6.07, 6.45) is 7.17. The van der Waals surface area contributed by atoms with E-state index < -0.39 is 5.54 Å². The van der Waals surface area contributed by atoms with E-state index in [9.17, 15) is 14.4 Å². The molecule has 1 aromatic carbocycles. The molecule has 1 heterocycles. The highest BCUT2D eigenvalue weighted by Gasteiger charge is 2.42. The minimum absolute atomic E-state index is 0.0150. The maximum atomic E-state index is 12.8. The molecule has 0 unspecified atom stereocenters. The van der Waals surface area contributed by atoms with Crippen LogP contribution in [0.1, 0.15) is 75.6 Å². The van der Waals surface area contributed by atoms with Crippen molar-refractivity contribution in [1.82, 2.24) is 10.2 Å².